The molecule has 0 bridgehead atoms. The number of carbonyl (C=O) groups is 1. The van der Waals surface area contributed by atoms with Gasteiger partial charge in [0.25, 0.3) is 0 Å². The average molecular weight is 415 g/mol. The Morgan fingerprint density at radius 1 is 1.14 bits per heavy atom. The number of rotatable bonds is 8. The number of methoxy groups -OCH3 is 2. The predicted molar refractivity (Wildman–Crippen MR) is 117 cm³/mol. The molecule has 28 heavy (non-hydrogen) atoms. The van der Waals surface area contributed by atoms with Gasteiger partial charge in [-0.25, -0.2) is 4.98 Å². The van der Waals surface area contributed by atoms with Gasteiger partial charge in [-0.3, -0.25) is 4.79 Å². The molecular weight excluding hydrogens is 392 g/mol. The summed E-state index contributed by atoms with van der Waals surface area (Å²) < 4.78 is 10.7. The van der Waals surface area contributed by atoms with Crippen LogP contribution in [-0.2, 0) is 10.5 Å². The summed E-state index contributed by atoms with van der Waals surface area (Å²) in [6, 6.07) is 13.9. The summed E-state index contributed by atoms with van der Waals surface area (Å²) >= 11 is 2.97. The molecular formula is C21H22N2O3S2. The summed E-state index contributed by atoms with van der Waals surface area (Å²) in [5.41, 5.74) is 4.01. The van der Waals surface area contributed by atoms with Gasteiger partial charge in [-0.1, -0.05) is 29.8 Å². The van der Waals surface area contributed by atoms with Crippen LogP contribution in [0.15, 0.2) is 47.8 Å². The summed E-state index contributed by atoms with van der Waals surface area (Å²) in [6.07, 6.45) is 0. The molecule has 146 valence electrons. The van der Waals surface area contributed by atoms with Gasteiger partial charge in [-0.15, -0.1) is 23.1 Å². The minimum Gasteiger partial charge on any atom is -0.497 e. The second-order valence-electron chi connectivity index (χ2n) is 6.13. The number of nitrogens with zero attached hydrogens (tertiary/aromatic N) is 1. The fourth-order valence-electron chi connectivity index (χ4n) is 2.57. The second kappa shape index (κ2) is 9.61. The van der Waals surface area contributed by atoms with Gasteiger partial charge in [0.05, 0.1) is 25.7 Å². The highest BCUT2D eigenvalue weighted by atomic mass is 32.2. The zero-order valence-electron chi connectivity index (χ0n) is 16.0. The van der Waals surface area contributed by atoms with Crippen LogP contribution in [0.5, 0.6) is 11.5 Å². The van der Waals surface area contributed by atoms with Crippen molar-refractivity contribution in [3.63, 3.8) is 0 Å². The third kappa shape index (κ3) is 5.27. The molecule has 7 heteroatoms. The van der Waals surface area contributed by atoms with E-state index in [-0.39, 0.29) is 5.91 Å². The first-order valence-corrected chi connectivity index (χ1v) is 10.7. The molecule has 5 nitrogen and oxygen atoms in total. The minimum atomic E-state index is -0.0596. The molecule has 0 unspecified atom stereocenters. The van der Waals surface area contributed by atoms with Gasteiger partial charge in [0.1, 0.15) is 11.5 Å². The highest BCUT2D eigenvalue weighted by Crippen LogP contribution is 2.35. The van der Waals surface area contributed by atoms with Gasteiger partial charge in [0, 0.05) is 16.7 Å². The van der Waals surface area contributed by atoms with E-state index < -0.39 is 0 Å². The standard InChI is InChI=1S/C21H22N2O3S2/c1-14-4-6-15(7-5-14)11-27-13-20(24)23-21-22-18(12-28-21)17-10-16(25-2)8-9-19(17)26-3/h4-10,12H,11,13H2,1-3H3,(H,22,23,24). The molecule has 0 radical (unpaired) electrons. The van der Waals surface area contributed by atoms with Crippen LogP contribution in [0.2, 0.25) is 0 Å². The van der Waals surface area contributed by atoms with E-state index in [1.54, 1.807) is 26.0 Å². The van der Waals surface area contributed by atoms with Gasteiger partial charge in [0.15, 0.2) is 5.13 Å². The summed E-state index contributed by atoms with van der Waals surface area (Å²) in [7, 11) is 3.23. The quantitative estimate of drug-likeness (QED) is 0.562. The van der Waals surface area contributed by atoms with Crippen LogP contribution >= 0.6 is 23.1 Å². The first-order valence-electron chi connectivity index (χ1n) is 8.70. The first-order chi connectivity index (χ1) is 13.6. The topological polar surface area (TPSA) is 60.5 Å². The molecule has 0 saturated carbocycles. The summed E-state index contributed by atoms with van der Waals surface area (Å²) in [4.78, 5) is 16.7. The van der Waals surface area contributed by atoms with Crippen molar-refractivity contribution in [2.24, 2.45) is 0 Å². The maximum absolute atomic E-state index is 12.2. The SMILES string of the molecule is COc1ccc(OC)c(-c2csc(NC(=O)CSCc3ccc(C)cc3)n2)c1. The molecule has 2 aromatic carbocycles. The largest absolute Gasteiger partial charge is 0.497 e. The molecule has 0 aliphatic heterocycles. The lowest BCUT2D eigenvalue weighted by Gasteiger charge is -2.08. The van der Waals surface area contributed by atoms with Gasteiger partial charge in [-0.2, -0.15) is 0 Å². The summed E-state index contributed by atoms with van der Waals surface area (Å²) in [5, 5.41) is 5.33. The Balaban J connectivity index is 1.58. The van der Waals surface area contributed by atoms with Crippen molar-refractivity contribution in [3.8, 4) is 22.8 Å². The van der Waals surface area contributed by atoms with Gasteiger partial charge in [-0.05, 0) is 30.7 Å². The average Bonchev–Trinajstić information content (AvgIpc) is 3.17. The molecule has 0 fully saturated rings. The van der Waals surface area contributed by atoms with E-state index in [2.05, 4.69) is 41.5 Å². The lowest BCUT2D eigenvalue weighted by molar-refractivity contribution is -0.113. The fraction of sp³-hybridized carbons (Fsp3) is 0.238. The zero-order valence-corrected chi connectivity index (χ0v) is 17.7. The van der Waals surface area contributed by atoms with Crippen molar-refractivity contribution in [1.82, 2.24) is 4.98 Å². The lowest BCUT2D eigenvalue weighted by atomic mass is 10.1. The molecule has 1 heterocycles. The first kappa shape index (κ1) is 20.2. The smallest absolute Gasteiger partial charge is 0.236 e. The molecule has 1 amide bonds. The Labute approximate surface area is 173 Å². The summed E-state index contributed by atoms with van der Waals surface area (Å²) in [5.74, 6) is 2.55. The molecule has 1 aromatic heterocycles. The number of thiazole rings is 1. The highest BCUT2D eigenvalue weighted by Gasteiger charge is 2.13. The van der Waals surface area contributed by atoms with Gasteiger partial charge >= 0.3 is 0 Å². The number of hydrogen-bond donors (Lipinski definition) is 1. The Kier molecular flexibility index (Phi) is 6.95. The molecule has 3 rings (SSSR count). The van der Waals surface area contributed by atoms with E-state index in [1.807, 2.05) is 23.6 Å². The van der Waals surface area contributed by atoms with Crippen molar-refractivity contribution >= 4 is 34.1 Å². The third-order valence-electron chi connectivity index (χ3n) is 4.06. The number of aromatic nitrogens is 1. The van der Waals surface area contributed by atoms with Crippen molar-refractivity contribution < 1.29 is 14.3 Å². The number of benzene rings is 2. The van der Waals surface area contributed by atoms with Crippen LogP contribution in [0.4, 0.5) is 5.13 Å². The minimum absolute atomic E-state index is 0.0596. The number of amides is 1. The number of carbonyl (C=O) groups excluding carboxylic acids is 1. The van der Waals surface area contributed by atoms with Crippen LogP contribution in [0, 0.1) is 6.92 Å². The molecule has 0 atom stereocenters. The van der Waals surface area contributed by atoms with E-state index in [1.165, 1.54) is 22.5 Å². The van der Waals surface area contributed by atoms with Crippen LogP contribution in [0.25, 0.3) is 11.3 Å². The number of nitrogens with one attached hydrogen (secondary N) is 1. The van der Waals surface area contributed by atoms with Gasteiger partial charge in [0.2, 0.25) is 5.91 Å². The Bertz CT molecular complexity index is 939. The lowest BCUT2D eigenvalue weighted by Crippen LogP contribution is -2.14. The van der Waals surface area contributed by atoms with Crippen LogP contribution in [-0.4, -0.2) is 30.9 Å². The predicted octanol–water partition coefficient (Wildman–Crippen LogP) is 5.01. The molecule has 0 aliphatic rings. The van der Waals surface area contributed by atoms with E-state index in [4.69, 9.17) is 9.47 Å². The Morgan fingerprint density at radius 3 is 2.64 bits per heavy atom. The molecule has 3 aromatic rings. The monoisotopic (exact) mass is 414 g/mol. The maximum atomic E-state index is 12.2. The molecule has 0 aliphatic carbocycles. The van der Waals surface area contributed by atoms with E-state index >= 15 is 0 Å². The number of anilines is 1. The number of thioether (sulfide) groups is 1. The van der Waals surface area contributed by atoms with Gasteiger partial charge < -0.3 is 14.8 Å². The van der Waals surface area contributed by atoms with Crippen molar-refractivity contribution in [3.05, 3.63) is 59.0 Å². The maximum Gasteiger partial charge on any atom is 0.236 e. The van der Waals surface area contributed by atoms with E-state index in [0.717, 1.165) is 22.8 Å². The highest BCUT2D eigenvalue weighted by molar-refractivity contribution is 7.99. The van der Waals surface area contributed by atoms with Crippen LogP contribution < -0.4 is 14.8 Å². The number of hydrogen-bond acceptors (Lipinski definition) is 6. The number of aryl methyl sites for hydroxylation is 1. The van der Waals surface area contributed by atoms with Crippen molar-refractivity contribution in [2.45, 2.75) is 12.7 Å². The normalized spacial score (nSPS) is 10.5. The Morgan fingerprint density at radius 2 is 1.93 bits per heavy atom. The number of ether oxygens (including phenoxy) is 2. The van der Waals surface area contributed by atoms with Crippen LogP contribution in [0.1, 0.15) is 11.1 Å². The van der Waals surface area contributed by atoms with Crippen molar-refractivity contribution in [2.75, 3.05) is 25.3 Å². The molecule has 0 spiro atoms. The van der Waals surface area contributed by atoms with E-state index in [9.17, 15) is 4.79 Å². The van der Waals surface area contributed by atoms with Crippen molar-refractivity contribution in [1.29, 1.82) is 0 Å². The second-order valence-corrected chi connectivity index (χ2v) is 7.97. The van der Waals surface area contributed by atoms with E-state index in [0.29, 0.717) is 16.6 Å². The molecule has 1 N–H and O–H groups in total. The van der Waals surface area contributed by atoms with Crippen LogP contribution in [0.3, 0.4) is 0 Å². The summed E-state index contributed by atoms with van der Waals surface area (Å²) in [6.45, 7) is 2.06. The Hall–Kier alpha value is -2.51. The zero-order chi connectivity index (χ0) is 19.9. The third-order valence-corrected chi connectivity index (χ3v) is 5.82. The molecule has 0 saturated heterocycles. The fourth-order valence-corrected chi connectivity index (χ4v) is 4.08.